The van der Waals surface area contributed by atoms with Crippen LogP contribution >= 0.6 is 39.3 Å². The van der Waals surface area contributed by atoms with E-state index in [0.29, 0.717) is 27.0 Å². The Morgan fingerprint density at radius 3 is 2.74 bits per heavy atom. The zero-order valence-corrected chi connectivity index (χ0v) is 14.6. The van der Waals surface area contributed by atoms with E-state index in [2.05, 4.69) is 20.7 Å². The highest BCUT2D eigenvalue weighted by Crippen LogP contribution is 2.31. The molecule has 0 saturated heterocycles. The molecule has 0 amide bonds. The van der Waals surface area contributed by atoms with E-state index in [1.54, 1.807) is 11.8 Å². The Labute approximate surface area is 131 Å². The van der Waals surface area contributed by atoms with Crippen LogP contribution in [0.25, 0.3) is 0 Å². The molecule has 0 aliphatic carbocycles. The van der Waals surface area contributed by atoms with Crippen molar-refractivity contribution in [2.75, 3.05) is 18.5 Å². The van der Waals surface area contributed by atoms with Gasteiger partial charge in [-0.05, 0) is 40.7 Å². The molecule has 4 nitrogen and oxygen atoms in total. The van der Waals surface area contributed by atoms with Gasteiger partial charge in [-0.1, -0.05) is 18.5 Å². The molecule has 0 saturated carbocycles. The Morgan fingerprint density at radius 1 is 1.53 bits per heavy atom. The number of sulfonamides is 1. The topological polar surface area (TPSA) is 72.2 Å². The van der Waals surface area contributed by atoms with Crippen molar-refractivity contribution in [3.63, 3.8) is 0 Å². The number of thioether (sulfide) groups is 1. The lowest BCUT2D eigenvalue weighted by Gasteiger charge is -2.12. The fraction of sp³-hybridized carbons (Fsp3) is 0.455. The predicted molar refractivity (Wildman–Crippen MR) is 86.3 cm³/mol. The maximum absolute atomic E-state index is 12.2. The summed E-state index contributed by atoms with van der Waals surface area (Å²) in [5.74, 6) is 0. The Morgan fingerprint density at radius 2 is 2.16 bits per heavy atom. The zero-order valence-electron chi connectivity index (χ0n) is 10.6. The lowest BCUT2D eigenvalue weighted by atomic mass is 10.3. The van der Waals surface area contributed by atoms with Crippen LogP contribution in [0.5, 0.6) is 0 Å². The fourth-order valence-electron chi connectivity index (χ4n) is 1.37. The van der Waals surface area contributed by atoms with Gasteiger partial charge in [0, 0.05) is 22.5 Å². The van der Waals surface area contributed by atoms with Crippen molar-refractivity contribution in [1.29, 1.82) is 0 Å². The first-order valence-corrected chi connectivity index (χ1v) is 9.49. The molecule has 0 heterocycles. The van der Waals surface area contributed by atoms with Gasteiger partial charge in [-0.2, -0.15) is 11.8 Å². The highest BCUT2D eigenvalue weighted by atomic mass is 79.9. The van der Waals surface area contributed by atoms with Gasteiger partial charge in [-0.25, -0.2) is 13.1 Å². The van der Waals surface area contributed by atoms with Crippen molar-refractivity contribution >= 4 is 55.0 Å². The molecule has 0 aliphatic heterocycles. The van der Waals surface area contributed by atoms with Crippen LogP contribution in [0.4, 0.5) is 5.69 Å². The van der Waals surface area contributed by atoms with Gasteiger partial charge < -0.3 is 5.73 Å². The molecule has 0 aliphatic rings. The molecule has 0 aromatic heterocycles. The Bertz CT molecular complexity index is 552. The van der Waals surface area contributed by atoms with Gasteiger partial charge in [-0.15, -0.1) is 0 Å². The molecule has 3 N–H and O–H groups in total. The number of hydrogen-bond acceptors (Lipinski definition) is 4. The van der Waals surface area contributed by atoms with Gasteiger partial charge in [0.1, 0.15) is 0 Å². The predicted octanol–water partition coefficient (Wildman–Crippen LogP) is 3.10. The Kier molecular flexibility index (Phi) is 6.46. The smallest absolute Gasteiger partial charge is 0.241 e. The molecule has 0 bridgehead atoms. The maximum Gasteiger partial charge on any atom is 0.241 e. The number of benzene rings is 1. The molecule has 1 aromatic carbocycles. The van der Waals surface area contributed by atoms with Crippen LogP contribution in [0.2, 0.25) is 5.02 Å². The van der Waals surface area contributed by atoms with E-state index in [0.717, 1.165) is 6.42 Å². The Hall–Kier alpha value is 0.0500. The lowest BCUT2D eigenvalue weighted by Crippen LogP contribution is -2.26. The SMILES string of the molecule is CSC(C)CCNS(=O)(=O)c1cc(Cl)cc(N)c1Br. The van der Waals surface area contributed by atoms with Gasteiger partial charge in [-0.3, -0.25) is 0 Å². The minimum absolute atomic E-state index is 0.0642. The van der Waals surface area contributed by atoms with Crippen molar-refractivity contribution in [2.24, 2.45) is 0 Å². The van der Waals surface area contributed by atoms with Crippen LogP contribution in [0.15, 0.2) is 21.5 Å². The summed E-state index contributed by atoms with van der Waals surface area (Å²) in [5, 5.41) is 0.689. The van der Waals surface area contributed by atoms with E-state index in [1.165, 1.54) is 12.1 Å². The summed E-state index contributed by atoms with van der Waals surface area (Å²) in [7, 11) is -3.61. The van der Waals surface area contributed by atoms with Gasteiger partial charge in [0.2, 0.25) is 10.0 Å². The molecule has 8 heteroatoms. The summed E-state index contributed by atoms with van der Waals surface area (Å²) in [4.78, 5) is 0.0642. The summed E-state index contributed by atoms with van der Waals surface area (Å²) in [6.07, 6.45) is 2.75. The largest absolute Gasteiger partial charge is 0.398 e. The third-order valence-corrected chi connectivity index (χ3v) is 6.46. The van der Waals surface area contributed by atoms with Crippen molar-refractivity contribution < 1.29 is 8.42 Å². The average Bonchev–Trinajstić information content (AvgIpc) is 2.33. The minimum atomic E-state index is -3.61. The maximum atomic E-state index is 12.2. The van der Waals surface area contributed by atoms with E-state index in [9.17, 15) is 8.42 Å². The molecule has 1 atom stereocenters. The van der Waals surface area contributed by atoms with E-state index in [1.807, 2.05) is 13.2 Å². The number of nitrogen functional groups attached to an aromatic ring is 1. The second kappa shape index (κ2) is 7.17. The number of anilines is 1. The minimum Gasteiger partial charge on any atom is -0.398 e. The quantitative estimate of drug-likeness (QED) is 0.736. The van der Waals surface area contributed by atoms with Crippen LogP contribution in [-0.4, -0.2) is 26.5 Å². The van der Waals surface area contributed by atoms with Gasteiger partial charge in [0.25, 0.3) is 0 Å². The number of halogens is 2. The number of rotatable bonds is 6. The summed E-state index contributed by atoms with van der Waals surface area (Å²) in [5.41, 5.74) is 5.99. The molecule has 19 heavy (non-hydrogen) atoms. The fourth-order valence-corrected chi connectivity index (χ4v) is 4.06. The van der Waals surface area contributed by atoms with Crippen LogP contribution in [0.3, 0.4) is 0 Å². The lowest BCUT2D eigenvalue weighted by molar-refractivity contribution is 0.578. The molecule has 0 spiro atoms. The van der Waals surface area contributed by atoms with Crippen molar-refractivity contribution in [2.45, 2.75) is 23.5 Å². The van der Waals surface area contributed by atoms with Gasteiger partial charge in [0.15, 0.2) is 0 Å². The number of hydrogen-bond donors (Lipinski definition) is 2. The second-order valence-corrected chi connectivity index (χ2v) is 8.28. The second-order valence-electron chi connectivity index (χ2n) is 4.04. The molecular weight excluding hydrogens is 372 g/mol. The Balaban J connectivity index is 2.89. The molecular formula is C11H16BrClN2O2S2. The van der Waals surface area contributed by atoms with E-state index >= 15 is 0 Å². The average molecular weight is 388 g/mol. The molecule has 1 aromatic rings. The van der Waals surface area contributed by atoms with E-state index in [-0.39, 0.29) is 4.90 Å². The third kappa shape index (κ3) is 4.82. The molecule has 0 fully saturated rings. The van der Waals surface area contributed by atoms with Crippen LogP contribution < -0.4 is 10.5 Å². The monoisotopic (exact) mass is 386 g/mol. The standard InChI is InChI=1S/C11H16BrClN2O2S2/c1-7(18-2)3-4-15-19(16,17)10-6-8(13)5-9(14)11(10)12/h5-7,15H,3-4,14H2,1-2H3. The first-order valence-electron chi connectivity index (χ1n) is 5.55. The summed E-state index contributed by atoms with van der Waals surface area (Å²) in [6, 6.07) is 2.88. The number of nitrogens with one attached hydrogen (secondary N) is 1. The van der Waals surface area contributed by atoms with Crippen molar-refractivity contribution in [3.05, 3.63) is 21.6 Å². The summed E-state index contributed by atoms with van der Waals surface area (Å²) < 4.78 is 27.2. The summed E-state index contributed by atoms with van der Waals surface area (Å²) in [6.45, 7) is 2.43. The van der Waals surface area contributed by atoms with Gasteiger partial charge >= 0.3 is 0 Å². The highest BCUT2D eigenvalue weighted by molar-refractivity contribution is 9.10. The van der Waals surface area contributed by atoms with Gasteiger partial charge in [0.05, 0.1) is 9.37 Å². The van der Waals surface area contributed by atoms with Crippen molar-refractivity contribution in [1.82, 2.24) is 4.72 Å². The first kappa shape index (κ1) is 17.1. The summed E-state index contributed by atoms with van der Waals surface area (Å²) >= 11 is 10.7. The van der Waals surface area contributed by atoms with E-state index < -0.39 is 10.0 Å². The first-order chi connectivity index (χ1) is 8.77. The molecule has 1 rings (SSSR count). The normalized spacial score (nSPS) is 13.5. The highest BCUT2D eigenvalue weighted by Gasteiger charge is 2.20. The van der Waals surface area contributed by atoms with Crippen molar-refractivity contribution in [3.8, 4) is 0 Å². The number of nitrogens with two attached hydrogens (primary N) is 1. The van der Waals surface area contributed by atoms with Crippen LogP contribution in [0.1, 0.15) is 13.3 Å². The van der Waals surface area contributed by atoms with Crippen LogP contribution in [0, 0.1) is 0 Å². The molecule has 108 valence electrons. The third-order valence-electron chi connectivity index (χ3n) is 2.57. The van der Waals surface area contributed by atoms with E-state index in [4.69, 9.17) is 17.3 Å². The molecule has 0 radical (unpaired) electrons. The molecule has 1 unspecified atom stereocenters. The zero-order chi connectivity index (χ0) is 14.6. The van der Waals surface area contributed by atoms with Crippen LogP contribution in [-0.2, 0) is 10.0 Å².